The molecule has 3 rings (SSSR count). The molecular weight excluding hydrogens is 347 g/mol. The normalized spacial score (nSPS) is 21.3. The van der Waals surface area contributed by atoms with Gasteiger partial charge in [0.2, 0.25) is 5.91 Å². The summed E-state index contributed by atoms with van der Waals surface area (Å²) in [5.41, 5.74) is 1.80. The van der Waals surface area contributed by atoms with Crippen LogP contribution in [0.3, 0.4) is 0 Å². The summed E-state index contributed by atoms with van der Waals surface area (Å²) in [5.74, 6) is -0.514. The second kappa shape index (κ2) is 7.68. The van der Waals surface area contributed by atoms with E-state index in [9.17, 15) is 9.59 Å². The van der Waals surface area contributed by atoms with Crippen molar-refractivity contribution >= 4 is 40.7 Å². The van der Waals surface area contributed by atoms with E-state index in [2.05, 4.69) is 11.4 Å². The number of benzene rings is 1. The number of hydrogen-bond acceptors (Lipinski definition) is 3. The Morgan fingerprint density at radius 3 is 2.79 bits per heavy atom. The first-order chi connectivity index (χ1) is 11.6. The standard InChI is InChI=1S/C18H20Cl2N2O2/c19-13-7-4-8-15(17(13)20)22-16(23)11-14(18(22)24)21-10-9-12-5-2-1-3-6-12/h4-5,7-8,14,21H,1-3,6,9-11H2/t14-/m0/s1. The molecule has 0 spiro atoms. The number of rotatable bonds is 5. The van der Waals surface area contributed by atoms with Crippen LogP contribution in [0.15, 0.2) is 29.8 Å². The Kier molecular flexibility index (Phi) is 5.59. The second-order valence-corrected chi connectivity index (χ2v) is 6.99. The number of nitrogens with zero attached hydrogens (tertiary/aromatic N) is 1. The molecule has 1 aromatic rings. The van der Waals surface area contributed by atoms with Gasteiger partial charge >= 0.3 is 0 Å². The first-order valence-electron chi connectivity index (χ1n) is 8.30. The number of carbonyl (C=O) groups excluding carboxylic acids is 2. The topological polar surface area (TPSA) is 49.4 Å². The van der Waals surface area contributed by atoms with Gasteiger partial charge in [-0.05, 0) is 50.8 Å². The minimum absolute atomic E-state index is 0.153. The predicted molar refractivity (Wildman–Crippen MR) is 96.5 cm³/mol. The monoisotopic (exact) mass is 366 g/mol. The van der Waals surface area contributed by atoms with Crippen molar-refractivity contribution < 1.29 is 9.59 Å². The molecule has 0 bridgehead atoms. The lowest BCUT2D eigenvalue weighted by atomic mass is 9.97. The molecule has 1 N–H and O–H groups in total. The van der Waals surface area contributed by atoms with E-state index < -0.39 is 6.04 Å². The summed E-state index contributed by atoms with van der Waals surface area (Å²) < 4.78 is 0. The number of amides is 2. The molecule has 1 atom stereocenters. The summed E-state index contributed by atoms with van der Waals surface area (Å²) in [6.45, 7) is 0.701. The van der Waals surface area contributed by atoms with Crippen LogP contribution in [-0.2, 0) is 9.59 Å². The highest BCUT2D eigenvalue weighted by molar-refractivity contribution is 6.44. The fourth-order valence-corrected chi connectivity index (χ4v) is 3.63. The summed E-state index contributed by atoms with van der Waals surface area (Å²) in [6, 6.07) is 4.46. The molecule has 2 amide bonds. The molecule has 1 heterocycles. The van der Waals surface area contributed by atoms with E-state index in [1.165, 1.54) is 18.4 Å². The van der Waals surface area contributed by atoms with E-state index >= 15 is 0 Å². The molecule has 1 aliphatic heterocycles. The van der Waals surface area contributed by atoms with Crippen LogP contribution in [0.1, 0.15) is 38.5 Å². The number of anilines is 1. The quantitative estimate of drug-likeness (QED) is 0.630. The number of allylic oxidation sites excluding steroid dienone is 1. The van der Waals surface area contributed by atoms with Gasteiger partial charge in [0, 0.05) is 0 Å². The summed E-state index contributed by atoms with van der Waals surface area (Å²) in [6.07, 6.45) is 8.18. The Bertz CT molecular complexity index is 688. The minimum atomic E-state index is -0.489. The molecule has 2 aliphatic rings. The predicted octanol–water partition coefficient (Wildman–Crippen LogP) is 4.11. The van der Waals surface area contributed by atoms with Gasteiger partial charge in [-0.25, -0.2) is 4.90 Å². The van der Waals surface area contributed by atoms with Crippen LogP contribution in [0, 0.1) is 0 Å². The van der Waals surface area contributed by atoms with Crippen LogP contribution in [0.25, 0.3) is 0 Å². The minimum Gasteiger partial charge on any atom is -0.305 e. The summed E-state index contributed by atoms with van der Waals surface area (Å²) in [5, 5.41) is 3.77. The maximum absolute atomic E-state index is 12.6. The van der Waals surface area contributed by atoms with Crippen molar-refractivity contribution in [2.75, 3.05) is 11.4 Å². The fourth-order valence-electron chi connectivity index (χ4n) is 3.25. The average Bonchev–Trinajstić information content (AvgIpc) is 2.86. The van der Waals surface area contributed by atoms with Crippen molar-refractivity contribution in [3.8, 4) is 0 Å². The van der Waals surface area contributed by atoms with E-state index in [0.717, 1.165) is 24.2 Å². The number of hydrogen-bond donors (Lipinski definition) is 1. The molecule has 128 valence electrons. The maximum atomic E-state index is 12.6. The van der Waals surface area contributed by atoms with Crippen LogP contribution in [0.5, 0.6) is 0 Å². The molecule has 0 unspecified atom stereocenters. The summed E-state index contributed by atoms with van der Waals surface area (Å²) in [4.78, 5) is 26.0. The van der Waals surface area contributed by atoms with Gasteiger partial charge in [-0.1, -0.05) is 40.9 Å². The highest BCUT2D eigenvalue weighted by Gasteiger charge is 2.40. The zero-order valence-corrected chi connectivity index (χ0v) is 14.9. The summed E-state index contributed by atoms with van der Waals surface area (Å²) in [7, 11) is 0. The van der Waals surface area contributed by atoms with Gasteiger partial charge in [0.15, 0.2) is 0 Å². The van der Waals surface area contributed by atoms with E-state index in [4.69, 9.17) is 23.2 Å². The van der Waals surface area contributed by atoms with Crippen molar-refractivity contribution in [1.82, 2.24) is 5.32 Å². The van der Waals surface area contributed by atoms with Crippen LogP contribution >= 0.6 is 23.2 Å². The van der Waals surface area contributed by atoms with Gasteiger partial charge in [-0.2, -0.15) is 0 Å². The van der Waals surface area contributed by atoms with E-state index in [1.54, 1.807) is 18.2 Å². The van der Waals surface area contributed by atoms with Crippen molar-refractivity contribution in [1.29, 1.82) is 0 Å². The first-order valence-corrected chi connectivity index (χ1v) is 9.05. The van der Waals surface area contributed by atoms with Gasteiger partial charge < -0.3 is 5.32 Å². The van der Waals surface area contributed by atoms with Crippen molar-refractivity contribution in [2.24, 2.45) is 0 Å². The molecule has 6 heteroatoms. The summed E-state index contributed by atoms with van der Waals surface area (Å²) >= 11 is 12.1. The first kappa shape index (κ1) is 17.5. The molecule has 1 saturated heterocycles. The number of imide groups is 1. The van der Waals surface area contributed by atoms with Crippen molar-refractivity contribution in [3.05, 3.63) is 39.9 Å². The fraction of sp³-hybridized carbons (Fsp3) is 0.444. The molecule has 1 aromatic carbocycles. The Morgan fingerprint density at radius 1 is 1.21 bits per heavy atom. The average molecular weight is 367 g/mol. The Labute approximate surface area is 151 Å². The number of carbonyl (C=O) groups is 2. The zero-order valence-electron chi connectivity index (χ0n) is 13.4. The van der Waals surface area contributed by atoms with E-state index in [0.29, 0.717) is 17.3 Å². The maximum Gasteiger partial charge on any atom is 0.251 e. The number of halogens is 2. The van der Waals surface area contributed by atoms with E-state index in [-0.39, 0.29) is 23.3 Å². The van der Waals surface area contributed by atoms with Crippen LogP contribution in [0.2, 0.25) is 10.0 Å². The lowest BCUT2D eigenvalue weighted by Crippen LogP contribution is -2.39. The molecule has 1 fully saturated rings. The third kappa shape index (κ3) is 3.66. The Hall–Kier alpha value is -1.36. The molecular formula is C18H20Cl2N2O2. The van der Waals surface area contributed by atoms with Crippen molar-refractivity contribution in [3.63, 3.8) is 0 Å². The van der Waals surface area contributed by atoms with Gasteiger partial charge in [0.25, 0.3) is 5.91 Å². The third-order valence-corrected chi connectivity index (χ3v) is 5.35. The smallest absolute Gasteiger partial charge is 0.251 e. The van der Waals surface area contributed by atoms with Crippen molar-refractivity contribution in [2.45, 2.75) is 44.6 Å². The molecule has 24 heavy (non-hydrogen) atoms. The van der Waals surface area contributed by atoms with Gasteiger partial charge in [-0.15, -0.1) is 0 Å². The van der Waals surface area contributed by atoms with Crippen LogP contribution < -0.4 is 10.2 Å². The van der Waals surface area contributed by atoms with E-state index in [1.807, 2.05) is 0 Å². The molecule has 0 aromatic heterocycles. The second-order valence-electron chi connectivity index (χ2n) is 6.21. The molecule has 4 nitrogen and oxygen atoms in total. The lowest BCUT2D eigenvalue weighted by molar-refractivity contribution is -0.121. The zero-order chi connectivity index (χ0) is 17.1. The molecule has 0 radical (unpaired) electrons. The Morgan fingerprint density at radius 2 is 2.04 bits per heavy atom. The molecule has 1 aliphatic carbocycles. The van der Waals surface area contributed by atoms with Gasteiger partial charge in [0.05, 0.1) is 28.2 Å². The largest absolute Gasteiger partial charge is 0.305 e. The van der Waals surface area contributed by atoms with Crippen LogP contribution in [-0.4, -0.2) is 24.4 Å². The highest BCUT2D eigenvalue weighted by atomic mass is 35.5. The van der Waals surface area contributed by atoms with Gasteiger partial charge in [0.1, 0.15) is 0 Å². The Balaban J connectivity index is 1.63. The lowest BCUT2D eigenvalue weighted by Gasteiger charge is -2.18. The van der Waals surface area contributed by atoms with Crippen LogP contribution in [0.4, 0.5) is 5.69 Å². The number of nitrogens with one attached hydrogen (secondary N) is 1. The van der Waals surface area contributed by atoms with Gasteiger partial charge in [-0.3, -0.25) is 9.59 Å². The highest BCUT2D eigenvalue weighted by Crippen LogP contribution is 2.35. The third-order valence-electron chi connectivity index (χ3n) is 4.54. The molecule has 0 saturated carbocycles. The SMILES string of the molecule is O=C1C[C@H](NCCC2=CCCCC2)C(=O)N1c1cccc(Cl)c1Cl.